The third-order valence-electron chi connectivity index (χ3n) is 5.82. The van der Waals surface area contributed by atoms with Gasteiger partial charge < -0.3 is 24.6 Å². The topological polar surface area (TPSA) is 148 Å². The number of unbranched alkanes of at least 4 members (excludes halogenated alkanes) is 13. The fourth-order valence-corrected chi connectivity index (χ4v) is 4.11. The number of hydrogen-bond donors (Lipinski definition) is 3. The lowest BCUT2D eigenvalue weighted by Gasteiger charge is -2.18. The fraction of sp³-hybridized carbons (Fsp3) is 0.885. The summed E-state index contributed by atoms with van der Waals surface area (Å²) >= 11 is 0. The Balaban J connectivity index is 4.09. The van der Waals surface area contributed by atoms with E-state index < -0.39 is 32.5 Å². The Morgan fingerprint density at radius 1 is 0.730 bits per heavy atom. The normalized spacial score (nSPS) is 12.2. The highest BCUT2D eigenvalue weighted by atomic mass is 31.2. The second-order valence-electron chi connectivity index (χ2n) is 9.51. The second-order valence-corrected chi connectivity index (χ2v) is 10.8. The number of rotatable bonds is 25. The molecule has 0 saturated carbocycles. The molecular weight excluding hydrogens is 501 g/mol. The van der Waals surface area contributed by atoms with Crippen molar-refractivity contribution in [3.8, 4) is 0 Å². The Hall–Kier alpha value is -1.48. The van der Waals surface area contributed by atoms with Crippen molar-refractivity contribution < 1.29 is 42.7 Å². The molecule has 0 fully saturated rings. The van der Waals surface area contributed by atoms with E-state index in [1.807, 2.05) is 0 Å². The highest BCUT2D eigenvalue weighted by Crippen LogP contribution is 2.35. The Kier molecular flexibility index (Phi) is 22.7. The van der Waals surface area contributed by atoms with E-state index in [1.165, 1.54) is 45.4 Å². The number of carbonyl (C=O) groups excluding carboxylic acids is 3. The molecule has 0 aromatic heterocycles. The number of esters is 2. The van der Waals surface area contributed by atoms with Crippen LogP contribution in [-0.2, 0) is 32.9 Å². The molecule has 0 bridgehead atoms. The molecule has 0 unspecified atom stereocenters. The van der Waals surface area contributed by atoms with E-state index in [9.17, 15) is 18.9 Å². The molecule has 37 heavy (non-hydrogen) atoms. The molecule has 0 aromatic rings. The van der Waals surface area contributed by atoms with Crippen LogP contribution in [0.15, 0.2) is 0 Å². The van der Waals surface area contributed by atoms with Gasteiger partial charge in [-0.1, -0.05) is 84.0 Å². The van der Waals surface area contributed by atoms with Crippen LogP contribution < -0.4 is 5.32 Å². The maximum absolute atomic E-state index is 12.2. The second kappa shape index (κ2) is 23.6. The smallest absolute Gasteiger partial charge is 0.462 e. The van der Waals surface area contributed by atoms with Gasteiger partial charge >= 0.3 is 19.8 Å². The Bertz CT molecular complexity index is 654. The van der Waals surface area contributed by atoms with Crippen LogP contribution in [0.3, 0.4) is 0 Å². The van der Waals surface area contributed by atoms with Crippen molar-refractivity contribution in [1.29, 1.82) is 0 Å². The lowest BCUT2D eigenvalue weighted by molar-refractivity contribution is -0.161. The zero-order chi connectivity index (χ0) is 27.8. The molecule has 1 atom stereocenters. The zero-order valence-electron chi connectivity index (χ0n) is 22.9. The molecule has 11 heteroatoms. The molecule has 218 valence electrons. The first-order valence-electron chi connectivity index (χ1n) is 13.9. The van der Waals surface area contributed by atoms with Crippen molar-refractivity contribution >= 4 is 25.7 Å². The highest BCUT2D eigenvalue weighted by molar-refractivity contribution is 7.46. The standard InChI is InChI=1S/C26H50NO9P/c1-3-4-5-6-7-8-9-10-12-16-19-26(30)36-24(22-35-37(31,32)33)21-34-25(29)18-15-13-11-14-17-20-27-23(2)28/h24H,3-22H2,1-2H3,(H,27,28)(H2,31,32,33)/t24-/m1/s1. The maximum atomic E-state index is 12.2. The van der Waals surface area contributed by atoms with Crippen LogP contribution >= 0.6 is 7.82 Å². The summed E-state index contributed by atoms with van der Waals surface area (Å²) in [5.74, 6) is -1.02. The Morgan fingerprint density at radius 2 is 1.22 bits per heavy atom. The number of ether oxygens (including phenoxy) is 2. The van der Waals surface area contributed by atoms with Crippen molar-refractivity contribution in [3.63, 3.8) is 0 Å². The molecule has 0 spiro atoms. The van der Waals surface area contributed by atoms with Gasteiger partial charge in [-0.3, -0.25) is 18.9 Å². The van der Waals surface area contributed by atoms with Gasteiger partial charge in [-0.05, 0) is 19.3 Å². The molecule has 3 N–H and O–H groups in total. The number of hydrogen-bond acceptors (Lipinski definition) is 7. The summed E-state index contributed by atoms with van der Waals surface area (Å²) in [5, 5.41) is 2.74. The van der Waals surface area contributed by atoms with Gasteiger partial charge in [0.15, 0.2) is 6.10 Å². The molecule has 0 radical (unpaired) electrons. The van der Waals surface area contributed by atoms with Crippen molar-refractivity contribution in [3.05, 3.63) is 0 Å². The predicted octanol–water partition coefficient (Wildman–Crippen LogP) is 5.34. The molecule has 0 aromatic carbocycles. The van der Waals surface area contributed by atoms with E-state index in [-0.39, 0.29) is 25.4 Å². The summed E-state index contributed by atoms with van der Waals surface area (Å²) in [6.07, 6.45) is 14.9. The summed E-state index contributed by atoms with van der Waals surface area (Å²) in [7, 11) is -4.75. The largest absolute Gasteiger partial charge is 0.469 e. The van der Waals surface area contributed by atoms with Gasteiger partial charge in [-0.15, -0.1) is 0 Å². The van der Waals surface area contributed by atoms with Crippen molar-refractivity contribution in [2.24, 2.45) is 0 Å². The number of phosphoric acid groups is 1. The zero-order valence-corrected chi connectivity index (χ0v) is 23.8. The molecule has 0 heterocycles. The van der Waals surface area contributed by atoms with Gasteiger partial charge in [0.2, 0.25) is 5.91 Å². The summed E-state index contributed by atoms with van der Waals surface area (Å²) in [6.45, 7) is 3.45. The molecular formula is C26H50NO9P. The molecule has 0 rings (SSSR count). The molecule has 0 aliphatic rings. The highest BCUT2D eigenvalue weighted by Gasteiger charge is 2.22. The van der Waals surface area contributed by atoms with Crippen LogP contribution in [0.25, 0.3) is 0 Å². The summed E-state index contributed by atoms with van der Waals surface area (Å²) in [6, 6.07) is 0. The predicted molar refractivity (Wildman–Crippen MR) is 142 cm³/mol. The van der Waals surface area contributed by atoms with Crippen LogP contribution in [0.1, 0.15) is 123 Å². The minimum Gasteiger partial charge on any atom is -0.462 e. The first-order valence-corrected chi connectivity index (χ1v) is 15.5. The Labute approximate surface area is 222 Å². The van der Waals surface area contributed by atoms with E-state index in [0.29, 0.717) is 19.4 Å². The van der Waals surface area contributed by atoms with Crippen molar-refractivity contribution in [2.75, 3.05) is 19.8 Å². The quantitative estimate of drug-likeness (QED) is 0.0776. The monoisotopic (exact) mass is 551 g/mol. The lowest BCUT2D eigenvalue weighted by atomic mass is 10.1. The minimum absolute atomic E-state index is 0.0447. The maximum Gasteiger partial charge on any atom is 0.469 e. The number of nitrogens with one attached hydrogen (secondary N) is 1. The van der Waals surface area contributed by atoms with Gasteiger partial charge in [0.25, 0.3) is 0 Å². The minimum atomic E-state index is -4.75. The number of phosphoric ester groups is 1. The lowest BCUT2D eigenvalue weighted by Crippen LogP contribution is -2.29. The summed E-state index contributed by atoms with van der Waals surface area (Å²) in [4.78, 5) is 52.9. The van der Waals surface area contributed by atoms with Crippen LogP contribution in [0.2, 0.25) is 0 Å². The van der Waals surface area contributed by atoms with Gasteiger partial charge in [-0.25, -0.2) is 4.57 Å². The van der Waals surface area contributed by atoms with E-state index >= 15 is 0 Å². The molecule has 0 saturated heterocycles. The fourth-order valence-electron chi connectivity index (χ4n) is 3.75. The van der Waals surface area contributed by atoms with Gasteiger partial charge in [-0.2, -0.15) is 0 Å². The first kappa shape index (κ1) is 35.5. The van der Waals surface area contributed by atoms with Crippen LogP contribution in [0.5, 0.6) is 0 Å². The van der Waals surface area contributed by atoms with Crippen molar-refractivity contribution in [2.45, 2.75) is 129 Å². The third-order valence-corrected chi connectivity index (χ3v) is 6.31. The molecule has 10 nitrogen and oxygen atoms in total. The van der Waals surface area contributed by atoms with Gasteiger partial charge in [0.05, 0.1) is 6.61 Å². The number of carbonyl (C=O) groups is 3. The van der Waals surface area contributed by atoms with Crippen LogP contribution in [0, 0.1) is 0 Å². The summed E-state index contributed by atoms with van der Waals surface area (Å²) in [5.41, 5.74) is 0. The third kappa shape index (κ3) is 27.4. The van der Waals surface area contributed by atoms with Crippen molar-refractivity contribution in [1.82, 2.24) is 5.32 Å². The van der Waals surface area contributed by atoms with Gasteiger partial charge in [0, 0.05) is 26.3 Å². The van der Waals surface area contributed by atoms with E-state index in [0.717, 1.165) is 44.9 Å². The van der Waals surface area contributed by atoms with Gasteiger partial charge in [0.1, 0.15) is 6.61 Å². The van der Waals surface area contributed by atoms with Crippen LogP contribution in [-0.4, -0.2) is 53.5 Å². The average molecular weight is 552 g/mol. The molecule has 0 aliphatic carbocycles. The van der Waals surface area contributed by atoms with Crippen LogP contribution in [0.4, 0.5) is 0 Å². The average Bonchev–Trinajstić information content (AvgIpc) is 2.83. The number of amides is 1. The molecule has 1 amide bonds. The van der Waals surface area contributed by atoms with E-state index in [4.69, 9.17) is 19.3 Å². The first-order chi connectivity index (χ1) is 17.6. The van der Waals surface area contributed by atoms with E-state index in [2.05, 4.69) is 16.8 Å². The Morgan fingerprint density at radius 3 is 1.73 bits per heavy atom. The summed E-state index contributed by atoms with van der Waals surface area (Å²) < 4.78 is 25.9. The SMILES string of the molecule is CCCCCCCCCCCCC(=O)O[C@H](COC(=O)CCCCCCCNC(C)=O)COP(=O)(O)O. The van der Waals surface area contributed by atoms with E-state index in [1.54, 1.807) is 0 Å². The molecule has 0 aliphatic heterocycles.